The summed E-state index contributed by atoms with van der Waals surface area (Å²) in [7, 11) is 0. The van der Waals surface area contributed by atoms with Crippen LogP contribution in [0, 0.1) is 0 Å². The second kappa shape index (κ2) is 0. The van der Waals surface area contributed by atoms with E-state index in [1.165, 1.54) is 0 Å². The van der Waals surface area contributed by atoms with Gasteiger partial charge in [0.25, 0.3) is 0 Å². The molecule has 0 bridgehead atoms. The zero-order valence-electron chi connectivity index (χ0n) is 40.0. The van der Waals surface area contributed by atoms with Gasteiger partial charge in [-0.25, -0.2) is 0 Å². The number of rotatable bonds is 0. The van der Waals surface area contributed by atoms with E-state index in [-0.39, 0.29) is 298 Å². The molecule has 0 aliphatic rings. The maximum atomic E-state index is 5.00. The molecule has 0 aliphatic heterocycles. The van der Waals surface area contributed by atoms with E-state index in [0.717, 1.165) is 0 Å². The Morgan fingerprint density at radius 3 is 0.0750 bits per heavy atom. The monoisotopic (exact) mass is 766 g/mol. The fourth-order valence-corrected chi connectivity index (χ4v) is 0. The van der Waals surface area contributed by atoms with Crippen molar-refractivity contribution in [3.8, 4) is 0 Å². The highest BCUT2D eigenvalue weighted by atomic mass is 12.1. The Kier molecular flexibility index (Phi) is 0. The van der Waals surface area contributed by atoms with E-state index in [9.17, 15) is 0 Å². The van der Waals surface area contributed by atoms with Crippen LogP contribution >= 0.6 is 0 Å². The van der Waals surface area contributed by atoms with Crippen LogP contribution in [0.1, 0.15) is 358 Å². The first kappa shape index (κ1) is 152. The van der Waals surface area contributed by atoms with Gasteiger partial charge < -0.3 is 0 Å². The molecule has 362 valence electrons. The van der Waals surface area contributed by atoms with Crippen molar-refractivity contribution < 1.29 is 60.8 Å². The molecule has 0 spiro atoms. The van der Waals surface area contributed by atoms with Crippen LogP contribution in [-0.2, 0) is 0 Å². The zero-order valence-corrected chi connectivity index (χ0v) is 0. The van der Waals surface area contributed by atoms with Crippen LogP contribution in [0.4, 0.5) is 0 Å². The Morgan fingerprint density at radius 1 is 0.0750 bits per heavy atom. The third kappa shape index (κ3) is 0. The van der Waals surface area contributed by atoms with Crippen LogP contribution in [0.15, 0.2) is 0 Å². The van der Waals surface area contributed by atoms with Crippen molar-refractivity contribution in [1.29, 1.82) is 0 Å². The molecule has 0 aromatic rings. The molecule has 0 saturated carbocycles. The van der Waals surface area contributed by atoms with Gasteiger partial charge in [0.05, 0.1) is 0 Å². The van der Waals surface area contributed by atoms with E-state index in [1.807, 2.05) is 0 Å². The molecule has 0 aromatic carbocycles. The lowest BCUT2D eigenvalue weighted by Crippen LogP contribution is 0.143. The van der Waals surface area contributed by atoms with E-state index in [0.29, 0.717) is 0 Å². The van der Waals surface area contributed by atoms with Crippen LogP contribution in [0.5, 0.6) is 0 Å². The SMILES string of the molecule is C.C.C.C.C.C.C.C.C.C.C.C.C.C.C.C.C.C.C.C.C.C.C.C.C.C.C.C.C.C.C.C.C.C.C.C.C.C.C.C.[3HH].[3H][3H].[3H][3H].[3H][3H].[3H][3H].[3H][3H].[3H][3H].[3H][3H].[3H][3H].[3H][3H].[3H][3H].[3H][3H].[3H][3H].[3H][3H].[3H][3H].[3H][3H].[3H][3H].[3H][3H].[3H][3H].[3H][3H].[3H][3H]. The number of hydrogen-bond donors (Lipinski definition) is 0. The summed E-state index contributed by atoms with van der Waals surface area (Å²) < 4.78 is 200. The van der Waals surface area contributed by atoms with Crippen molar-refractivity contribution in [2.75, 3.05) is 0 Å². The number of hydrogen-bond acceptors (Lipinski definition) is 0. The predicted octanol–water partition coefficient (Wildman–Crippen LogP) is 30.6. The second-order valence-corrected chi connectivity index (χ2v) is 0. The Hall–Kier alpha value is 0. The largest absolute Gasteiger partial charge is 0.0776 e. The van der Waals surface area contributed by atoms with Gasteiger partial charge >= 0.3 is 0 Å². The lowest BCUT2D eigenvalue weighted by molar-refractivity contribution is 2.50. The minimum atomic E-state index is 0. The average Bonchev–Trinajstić information content (AvgIpc) is 3.21. The molecular weight excluding hydrogens is 480 g/mol. The van der Waals surface area contributed by atoms with Gasteiger partial charge in [0.1, 0.15) is 0 Å². The maximum absolute atomic E-state index is 5.00. The zero-order chi connectivity index (χ0) is 40.0. The van der Waals surface area contributed by atoms with Crippen LogP contribution in [0.2, 0.25) is 0 Å². The van der Waals surface area contributed by atoms with Crippen molar-refractivity contribution in [3.05, 3.63) is 0 Å². The first-order valence-electron chi connectivity index (χ1n) is 20.0. The second-order valence-electron chi connectivity index (χ2n) is 0. The van der Waals surface area contributed by atoms with Gasteiger partial charge in [-0.2, -0.15) is 0 Å². The van der Waals surface area contributed by atoms with E-state index in [4.69, 9.17) is 59.4 Å². The normalized spacial score (nSPS) is 4.00. The molecule has 0 unspecified atom stereocenters. The van der Waals surface area contributed by atoms with Gasteiger partial charge in [-0.05, 0) is 0 Å². The lowest BCUT2D eigenvalue weighted by atomic mass is 12.0. The van der Waals surface area contributed by atoms with Crippen molar-refractivity contribution >= 4 is 0 Å². The third-order valence-electron chi connectivity index (χ3n) is 0. The molecule has 40 heavy (non-hydrogen) atoms. The Bertz CT molecular complexity index is 81.0. The molecule has 0 saturated heterocycles. The standard InChI is InChI=1S/40CH4.21H2/h40*1H4;21*1H/i;;;;;;;;;;;;;;;;;;;;;;;;;;;;;;;;;;;;;;;;20*1+2T;1+2. The van der Waals surface area contributed by atoms with Crippen molar-refractivity contribution in [3.63, 3.8) is 0 Å². The summed E-state index contributed by atoms with van der Waals surface area (Å²) in [6.45, 7) is 0. The molecule has 0 heteroatoms. The van der Waals surface area contributed by atoms with Gasteiger partial charge in [-0.3, -0.25) is 0 Å². The summed E-state index contributed by atoms with van der Waals surface area (Å²) in [5, 5.41) is 0. The quantitative estimate of drug-likeness (QED) is 0.230. The first-order chi connectivity index (χ1) is 20.0. The Morgan fingerprint density at radius 2 is 0.0750 bits per heavy atom. The third-order valence-corrected chi connectivity index (χ3v) is 0. The van der Waals surface area contributed by atoms with E-state index >= 15 is 0 Å². The summed E-state index contributed by atoms with van der Waals surface area (Å²) in [6, 6.07) is 0. The molecular formula is C40H202. The fraction of sp³-hybridized carbons (Fsp3) is 1.00. The van der Waals surface area contributed by atoms with Crippen molar-refractivity contribution in [2.45, 2.75) is 297 Å². The Balaban J connectivity index is -0.000000000858. The molecule has 0 nitrogen and oxygen atoms in total. The van der Waals surface area contributed by atoms with E-state index in [1.54, 1.807) is 0 Å². The summed E-state index contributed by atoms with van der Waals surface area (Å²) in [4.78, 5) is 0. The molecule has 0 N–H and O–H groups in total. The minimum Gasteiger partial charge on any atom is -0.0776 e. The minimum absolute atomic E-state index is 0. The lowest BCUT2D eigenvalue weighted by Gasteiger charge is -0.0786. The summed E-state index contributed by atoms with van der Waals surface area (Å²) in [5.41, 5.74) is 0. The predicted molar refractivity (Wildman–Crippen MR) is 314 cm³/mol. The maximum Gasteiger partial charge on any atom is 0 e. The van der Waals surface area contributed by atoms with Crippen LogP contribution in [0.3, 0.4) is 0 Å². The summed E-state index contributed by atoms with van der Waals surface area (Å²) in [6.07, 6.45) is 0. The summed E-state index contributed by atoms with van der Waals surface area (Å²) >= 11 is 0. The van der Waals surface area contributed by atoms with Gasteiger partial charge in [-0.15, -0.1) is 0 Å². The molecule has 0 radical (unpaired) electrons. The first-order valence-corrected chi connectivity index (χ1v) is 0. The van der Waals surface area contributed by atoms with Crippen LogP contribution < -0.4 is 0 Å². The molecule has 0 aliphatic carbocycles. The van der Waals surface area contributed by atoms with Gasteiger partial charge in [0.2, 0.25) is 0 Å². The molecule has 0 fully saturated rings. The smallest absolute Gasteiger partial charge is 0 e. The van der Waals surface area contributed by atoms with Crippen molar-refractivity contribution in [1.82, 2.24) is 0 Å². The molecule has 0 aromatic heterocycles. The fourth-order valence-electron chi connectivity index (χ4n) is 0. The molecule has 0 atom stereocenters. The van der Waals surface area contributed by atoms with Crippen LogP contribution in [0.25, 0.3) is 0 Å². The van der Waals surface area contributed by atoms with E-state index in [2.05, 4.69) is 0 Å². The molecule has 0 rings (SSSR count). The summed E-state index contributed by atoms with van der Waals surface area (Å²) in [5.74, 6) is 0. The van der Waals surface area contributed by atoms with Crippen LogP contribution in [-0.4, -0.2) is 0 Å². The highest BCUT2D eigenvalue weighted by Crippen LogP contribution is 0.183. The van der Waals surface area contributed by atoms with Gasteiger partial charge in [0.15, 0.2) is 0 Å². The van der Waals surface area contributed by atoms with Gasteiger partial charge in [-0.1, -0.05) is 297 Å². The highest BCUT2D eigenvalue weighted by molar-refractivity contribution is 2.54. The molecule has 0 heterocycles. The van der Waals surface area contributed by atoms with E-state index < -0.39 is 0 Å². The molecule has 0 amide bonds. The van der Waals surface area contributed by atoms with Gasteiger partial charge in [0, 0.05) is 60.8 Å². The van der Waals surface area contributed by atoms with Crippen molar-refractivity contribution in [2.24, 2.45) is 0 Å². The highest BCUT2D eigenvalue weighted by Gasteiger charge is -0.0386. The average molecular weight is 766 g/mol. The Labute approximate surface area is 359 Å². The topological polar surface area (TPSA) is 0 Å².